The topological polar surface area (TPSA) is 15.3 Å². The van der Waals surface area contributed by atoms with Gasteiger partial charge in [0.15, 0.2) is 0 Å². The van der Waals surface area contributed by atoms with E-state index in [1.165, 1.54) is 42.6 Å². The molecule has 100 valence electrons. The van der Waals surface area contributed by atoms with Crippen LogP contribution in [0.15, 0.2) is 48.2 Å². The van der Waals surface area contributed by atoms with Gasteiger partial charge in [0.2, 0.25) is 0 Å². The number of nitrogens with one attached hydrogen (secondary N) is 1. The highest BCUT2D eigenvalue weighted by molar-refractivity contribution is 5.75. The van der Waals surface area contributed by atoms with Gasteiger partial charge < -0.3 is 5.32 Å². The Morgan fingerprint density at radius 2 is 1.89 bits per heavy atom. The molecule has 0 radical (unpaired) electrons. The SMILES string of the molecule is CC1NC=CC(CN2CCCC2)=C1c1ccccc1. The number of rotatable bonds is 3. The van der Waals surface area contributed by atoms with Crippen LogP contribution in [-0.2, 0) is 0 Å². The molecule has 1 N–H and O–H groups in total. The number of benzene rings is 1. The Morgan fingerprint density at radius 3 is 2.63 bits per heavy atom. The van der Waals surface area contributed by atoms with Crippen molar-refractivity contribution >= 4 is 5.57 Å². The van der Waals surface area contributed by atoms with Gasteiger partial charge in [0.25, 0.3) is 0 Å². The molecule has 2 aliphatic heterocycles. The summed E-state index contributed by atoms with van der Waals surface area (Å²) in [5.74, 6) is 0. The lowest BCUT2D eigenvalue weighted by Crippen LogP contribution is -2.30. The summed E-state index contributed by atoms with van der Waals surface area (Å²) in [5.41, 5.74) is 4.27. The van der Waals surface area contributed by atoms with Crippen molar-refractivity contribution in [2.24, 2.45) is 0 Å². The van der Waals surface area contributed by atoms with Crippen LogP contribution in [0.2, 0.25) is 0 Å². The van der Waals surface area contributed by atoms with Crippen molar-refractivity contribution in [3.8, 4) is 0 Å². The minimum absolute atomic E-state index is 0.394. The molecular weight excluding hydrogens is 232 g/mol. The maximum absolute atomic E-state index is 3.43. The molecule has 1 aromatic carbocycles. The number of dihydropyridines is 1. The zero-order chi connectivity index (χ0) is 13.1. The number of likely N-dealkylation sites (tertiary alicyclic amines) is 1. The lowest BCUT2D eigenvalue weighted by Gasteiger charge is -2.27. The van der Waals surface area contributed by atoms with E-state index in [2.05, 4.69) is 59.7 Å². The van der Waals surface area contributed by atoms with Crippen molar-refractivity contribution in [2.75, 3.05) is 19.6 Å². The van der Waals surface area contributed by atoms with Crippen LogP contribution in [0.1, 0.15) is 25.3 Å². The smallest absolute Gasteiger partial charge is 0.0489 e. The minimum Gasteiger partial charge on any atom is -0.384 e. The van der Waals surface area contributed by atoms with Crippen molar-refractivity contribution in [3.63, 3.8) is 0 Å². The fraction of sp³-hybridized carbons (Fsp3) is 0.412. The second-order valence-electron chi connectivity index (χ2n) is 5.51. The molecule has 0 spiro atoms. The second kappa shape index (κ2) is 5.62. The van der Waals surface area contributed by atoms with Crippen molar-refractivity contribution in [1.29, 1.82) is 0 Å². The highest BCUT2D eigenvalue weighted by Gasteiger charge is 2.20. The minimum atomic E-state index is 0.394. The van der Waals surface area contributed by atoms with E-state index in [0.29, 0.717) is 6.04 Å². The third-order valence-electron chi connectivity index (χ3n) is 4.09. The fourth-order valence-electron chi connectivity index (χ4n) is 3.12. The zero-order valence-corrected chi connectivity index (χ0v) is 11.6. The predicted octanol–water partition coefficient (Wildman–Crippen LogP) is 3.04. The standard InChI is InChI=1S/C17H22N2/c1-14-17(15-7-3-2-4-8-15)16(9-10-18-14)13-19-11-5-6-12-19/h2-4,7-10,14,18H,5-6,11-13H2,1H3. The maximum atomic E-state index is 3.43. The van der Waals surface area contributed by atoms with Gasteiger partial charge in [-0.25, -0.2) is 0 Å². The summed E-state index contributed by atoms with van der Waals surface area (Å²) < 4.78 is 0. The van der Waals surface area contributed by atoms with E-state index in [0.717, 1.165) is 6.54 Å². The van der Waals surface area contributed by atoms with E-state index >= 15 is 0 Å². The van der Waals surface area contributed by atoms with Crippen molar-refractivity contribution in [1.82, 2.24) is 10.2 Å². The Kier molecular flexibility index (Phi) is 3.69. The van der Waals surface area contributed by atoms with Gasteiger partial charge in [-0.05, 0) is 61.8 Å². The van der Waals surface area contributed by atoms with Gasteiger partial charge in [0.1, 0.15) is 0 Å². The first-order valence-electron chi connectivity index (χ1n) is 7.28. The first-order chi connectivity index (χ1) is 9.34. The van der Waals surface area contributed by atoms with Crippen molar-refractivity contribution in [3.05, 3.63) is 53.7 Å². The molecule has 2 nitrogen and oxygen atoms in total. The second-order valence-corrected chi connectivity index (χ2v) is 5.51. The number of nitrogens with zero attached hydrogens (tertiary/aromatic N) is 1. The molecule has 1 fully saturated rings. The Morgan fingerprint density at radius 1 is 1.16 bits per heavy atom. The molecule has 2 aliphatic rings. The lowest BCUT2D eigenvalue weighted by atomic mass is 9.92. The van der Waals surface area contributed by atoms with Gasteiger partial charge >= 0.3 is 0 Å². The summed E-state index contributed by atoms with van der Waals surface area (Å²) in [6.07, 6.45) is 7.06. The first kappa shape index (κ1) is 12.5. The highest BCUT2D eigenvalue weighted by atomic mass is 15.1. The fourth-order valence-corrected chi connectivity index (χ4v) is 3.12. The summed E-state index contributed by atoms with van der Waals surface area (Å²) in [7, 11) is 0. The molecule has 3 rings (SSSR count). The van der Waals surface area contributed by atoms with Crippen molar-refractivity contribution < 1.29 is 0 Å². The van der Waals surface area contributed by atoms with Crippen LogP contribution in [-0.4, -0.2) is 30.6 Å². The molecule has 1 unspecified atom stereocenters. The first-order valence-corrected chi connectivity index (χ1v) is 7.28. The molecule has 1 atom stereocenters. The summed E-state index contributed by atoms with van der Waals surface area (Å²) in [6.45, 7) is 5.84. The Balaban J connectivity index is 1.92. The summed E-state index contributed by atoms with van der Waals surface area (Å²) >= 11 is 0. The van der Waals surface area contributed by atoms with Gasteiger partial charge in [-0.2, -0.15) is 0 Å². The average Bonchev–Trinajstić information content (AvgIpc) is 2.93. The van der Waals surface area contributed by atoms with Crippen LogP contribution < -0.4 is 5.32 Å². The third-order valence-corrected chi connectivity index (χ3v) is 4.09. The quantitative estimate of drug-likeness (QED) is 0.892. The molecule has 19 heavy (non-hydrogen) atoms. The molecular formula is C17H22N2. The van der Waals surface area contributed by atoms with Gasteiger partial charge in [-0.15, -0.1) is 0 Å². The summed E-state index contributed by atoms with van der Waals surface area (Å²) in [4.78, 5) is 2.57. The van der Waals surface area contributed by atoms with E-state index in [1.54, 1.807) is 0 Å². The van der Waals surface area contributed by atoms with Gasteiger partial charge in [0, 0.05) is 12.6 Å². The van der Waals surface area contributed by atoms with Crippen LogP contribution in [0.5, 0.6) is 0 Å². The van der Waals surface area contributed by atoms with Crippen LogP contribution >= 0.6 is 0 Å². The van der Waals surface area contributed by atoms with Gasteiger partial charge in [-0.1, -0.05) is 30.3 Å². The van der Waals surface area contributed by atoms with Crippen LogP contribution in [0.4, 0.5) is 0 Å². The average molecular weight is 254 g/mol. The molecule has 0 aliphatic carbocycles. The van der Waals surface area contributed by atoms with Gasteiger partial charge in [0.05, 0.1) is 0 Å². The largest absolute Gasteiger partial charge is 0.384 e. The van der Waals surface area contributed by atoms with Crippen LogP contribution in [0.3, 0.4) is 0 Å². The van der Waals surface area contributed by atoms with E-state index < -0.39 is 0 Å². The van der Waals surface area contributed by atoms with Crippen LogP contribution in [0, 0.1) is 0 Å². The Hall–Kier alpha value is -1.54. The van der Waals surface area contributed by atoms with Crippen molar-refractivity contribution in [2.45, 2.75) is 25.8 Å². The number of hydrogen-bond donors (Lipinski definition) is 1. The third kappa shape index (κ3) is 2.74. The van der Waals surface area contributed by atoms with Crippen LogP contribution in [0.25, 0.3) is 5.57 Å². The molecule has 0 saturated carbocycles. The summed E-state index contributed by atoms with van der Waals surface area (Å²) in [6, 6.07) is 11.2. The van der Waals surface area contributed by atoms with E-state index in [1.807, 2.05) is 0 Å². The molecule has 2 heteroatoms. The van der Waals surface area contributed by atoms with E-state index in [4.69, 9.17) is 0 Å². The highest BCUT2D eigenvalue weighted by Crippen LogP contribution is 2.27. The normalized spacial score (nSPS) is 23.7. The Labute approximate surface area is 115 Å². The van der Waals surface area contributed by atoms with E-state index in [9.17, 15) is 0 Å². The molecule has 0 aromatic heterocycles. The maximum Gasteiger partial charge on any atom is 0.0489 e. The van der Waals surface area contributed by atoms with Gasteiger partial charge in [-0.3, -0.25) is 4.90 Å². The summed E-state index contributed by atoms with van der Waals surface area (Å²) in [5, 5.41) is 3.43. The molecule has 1 saturated heterocycles. The monoisotopic (exact) mass is 254 g/mol. The number of hydrogen-bond acceptors (Lipinski definition) is 2. The molecule has 0 bridgehead atoms. The van der Waals surface area contributed by atoms with E-state index in [-0.39, 0.29) is 0 Å². The molecule has 1 aromatic rings. The molecule has 2 heterocycles. The lowest BCUT2D eigenvalue weighted by molar-refractivity contribution is 0.371. The Bertz CT molecular complexity index is 481. The molecule has 0 amide bonds. The predicted molar refractivity (Wildman–Crippen MR) is 80.8 cm³/mol. The zero-order valence-electron chi connectivity index (χ0n) is 11.6.